The van der Waals surface area contributed by atoms with Crippen molar-refractivity contribution in [1.82, 2.24) is 15.5 Å². The van der Waals surface area contributed by atoms with Gasteiger partial charge in [-0.1, -0.05) is 5.16 Å². The third-order valence-corrected chi connectivity index (χ3v) is 3.83. The van der Waals surface area contributed by atoms with Crippen LogP contribution in [0.4, 0.5) is 0 Å². The van der Waals surface area contributed by atoms with E-state index in [9.17, 15) is 4.79 Å². The van der Waals surface area contributed by atoms with Crippen LogP contribution in [0.2, 0.25) is 5.22 Å². The molecule has 1 N–H and O–H groups in total. The lowest BCUT2D eigenvalue weighted by atomic mass is 9.91. The molecule has 0 radical (unpaired) electrons. The second kappa shape index (κ2) is 6.50. The van der Waals surface area contributed by atoms with Gasteiger partial charge < -0.3 is 19.0 Å². The van der Waals surface area contributed by atoms with E-state index in [0.29, 0.717) is 24.9 Å². The molecule has 3 rings (SSSR count). The number of nitrogens with zero attached hydrogens (tertiary/aromatic N) is 2. The molecule has 0 saturated carbocycles. The Hall–Kier alpha value is -1.86. The van der Waals surface area contributed by atoms with Crippen LogP contribution in [0.3, 0.4) is 0 Å². The van der Waals surface area contributed by atoms with Crippen LogP contribution in [-0.4, -0.2) is 29.3 Å². The van der Waals surface area contributed by atoms with Crippen LogP contribution < -0.4 is 5.32 Å². The zero-order valence-electron chi connectivity index (χ0n) is 12.0. The first kappa shape index (κ1) is 15.1. The maximum Gasteiger partial charge on any atom is 0.287 e. The molecular formula is C14H16ClN3O4. The molecule has 3 heterocycles. The average molecular weight is 326 g/mol. The highest BCUT2D eigenvalue weighted by molar-refractivity contribution is 6.29. The molecule has 1 unspecified atom stereocenters. The molecule has 2 aromatic heterocycles. The van der Waals surface area contributed by atoms with Gasteiger partial charge in [-0.3, -0.25) is 4.79 Å². The zero-order chi connectivity index (χ0) is 15.5. The first-order valence-corrected chi connectivity index (χ1v) is 7.45. The van der Waals surface area contributed by atoms with E-state index >= 15 is 0 Å². The van der Waals surface area contributed by atoms with Gasteiger partial charge >= 0.3 is 0 Å². The molecule has 0 spiro atoms. The lowest BCUT2D eigenvalue weighted by Crippen LogP contribution is -2.36. The summed E-state index contributed by atoms with van der Waals surface area (Å²) in [6, 6.07) is 2.68. The van der Waals surface area contributed by atoms with Gasteiger partial charge in [0.15, 0.2) is 16.8 Å². The Labute approximate surface area is 132 Å². The fourth-order valence-electron chi connectivity index (χ4n) is 2.52. The minimum absolute atomic E-state index is 0.151. The fraction of sp³-hybridized carbons (Fsp3) is 0.500. The number of amides is 1. The van der Waals surface area contributed by atoms with Crippen molar-refractivity contribution in [3.63, 3.8) is 0 Å². The van der Waals surface area contributed by atoms with E-state index < -0.39 is 0 Å². The van der Waals surface area contributed by atoms with E-state index in [2.05, 4.69) is 15.5 Å². The Bertz CT molecular complexity index is 648. The average Bonchev–Trinajstić information content (AvgIpc) is 3.14. The predicted octanol–water partition coefficient (Wildman–Crippen LogP) is 2.52. The van der Waals surface area contributed by atoms with Crippen LogP contribution >= 0.6 is 11.6 Å². The monoisotopic (exact) mass is 325 g/mol. The number of nitrogens with one attached hydrogen (secondary N) is 1. The van der Waals surface area contributed by atoms with E-state index in [1.54, 1.807) is 6.92 Å². The van der Waals surface area contributed by atoms with Crippen molar-refractivity contribution in [2.45, 2.75) is 25.8 Å². The number of hydrogen-bond acceptors (Lipinski definition) is 6. The Morgan fingerprint density at radius 3 is 2.77 bits per heavy atom. The molecule has 0 aromatic carbocycles. The standard InChI is InChI=1S/C14H16ClN3O4/c1-8-16-14(22-18-8)12(9-4-6-20-7-5-9)17-13(19)10-2-3-11(15)21-10/h2-3,9,12H,4-7H2,1H3,(H,17,19). The summed E-state index contributed by atoms with van der Waals surface area (Å²) in [6.07, 6.45) is 1.62. The van der Waals surface area contributed by atoms with Gasteiger partial charge in [0.05, 0.1) is 0 Å². The van der Waals surface area contributed by atoms with Crippen LogP contribution in [0.25, 0.3) is 0 Å². The Balaban J connectivity index is 1.80. The Morgan fingerprint density at radius 1 is 1.41 bits per heavy atom. The van der Waals surface area contributed by atoms with Crippen molar-refractivity contribution in [3.05, 3.63) is 34.8 Å². The van der Waals surface area contributed by atoms with Crippen LogP contribution in [0.15, 0.2) is 21.1 Å². The zero-order valence-corrected chi connectivity index (χ0v) is 12.8. The molecule has 1 aliphatic heterocycles. The van der Waals surface area contributed by atoms with Crippen molar-refractivity contribution in [3.8, 4) is 0 Å². The van der Waals surface area contributed by atoms with E-state index in [0.717, 1.165) is 12.8 Å². The highest BCUT2D eigenvalue weighted by atomic mass is 35.5. The molecule has 22 heavy (non-hydrogen) atoms. The van der Waals surface area contributed by atoms with Gasteiger partial charge in [-0.05, 0) is 49.4 Å². The summed E-state index contributed by atoms with van der Waals surface area (Å²) < 4.78 is 15.8. The summed E-state index contributed by atoms with van der Waals surface area (Å²) >= 11 is 5.71. The lowest BCUT2D eigenvalue weighted by molar-refractivity contribution is 0.0463. The number of halogens is 1. The maximum absolute atomic E-state index is 12.3. The van der Waals surface area contributed by atoms with Gasteiger partial charge in [-0.15, -0.1) is 0 Å². The second-order valence-corrected chi connectivity index (χ2v) is 5.56. The number of carbonyl (C=O) groups is 1. The van der Waals surface area contributed by atoms with E-state index in [1.807, 2.05) is 0 Å². The first-order chi connectivity index (χ1) is 10.6. The number of furan rings is 1. The summed E-state index contributed by atoms with van der Waals surface area (Å²) in [4.78, 5) is 16.6. The summed E-state index contributed by atoms with van der Waals surface area (Å²) in [7, 11) is 0. The van der Waals surface area contributed by atoms with Crippen LogP contribution in [0, 0.1) is 12.8 Å². The molecule has 8 heteroatoms. The number of ether oxygens (including phenoxy) is 1. The van der Waals surface area contributed by atoms with Gasteiger partial charge in [0, 0.05) is 13.2 Å². The summed E-state index contributed by atoms with van der Waals surface area (Å²) in [6.45, 7) is 3.04. The van der Waals surface area contributed by atoms with Gasteiger partial charge in [0.2, 0.25) is 5.89 Å². The molecule has 1 aliphatic rings. The van der Waals surface area contributed by atoms with Crippen LogP contribution in [-0.2, 0) is 4.74 Å². The SMILES string of the molecule is Cc1noc(C(NC(=O)c2ccc(Cl)o2)C2CCOCC2)n1. The number of rotatable bonds is 4. The fourth-order valence-corrected chi connectivity index (χ4v) is 2.66. The molecule has 0 aliphatic carbocycles. The maximum atomic E-state index is 12.3. The van der Waals surface area contributed by atoms with Gasteiger partial charge in [0.25, 0.3) is 5.91 Å². The topological polar surface area (TPSA) is 90.4 Å². The molecule has 1 saturated heterocycles. The lowest BCUT2D eigenvalue weighted by Gasteiger charge is -2.28. The van der Waals surface area contributed by atoms with Crippen LogP contribution in [0.1, 0.15) is 41.2 Å². The van der Waals surface area contributed by atoms with Crippen LogP contribution in [0.5, 0.6) is 0 Å². The number of aromatic nitrogens is 2. The van der Waals surface area contributed by atoms with Crippen molar-refractivity contribution in [1.29, 1.82) is 0 Å². The van der Waals surface area contributed by atoms with Gasteiger partial charge in [-0.2, -0.15) is 4.98 Å². The first-order valence-electron chi connectivity index (χ1n) is 7.07. The molecular weight excluding hydrogens is 310 g/mol. The second-order valence-electron chi connectivity index (χ2n) is 5.18. The minimum Gasteiger partial charge on any atom is -0.440 e. The summed E-state index contributed by atoms with van der Waals surface area (Å²) in [5.74, 6) is 0.887. The highest BCUT2D eigenvalue weighted by Gasteiger charge is 2.32. The molecule has 1 fully saturated rings. The quantitative estimate of drug-likeness (QED) is 0.928. The van der Waals surface area contributed by atoms with Crippen molar-refractivity contribution in [2.75, 3.05) is 13.2 Å². The predicted molar refractivity (Wildman–Crippen MR) is 76.5 cm³/mol. The van der Waals surface area contributed by atoms with E-state index in [-0.39, 0.29) is 28.8 Å². The highest BCUT2D eigenvalue weighted by Crippen LogP contribution is 2.29. The normalized spacial score (nSPS) is 17.4. The summed E-state index contributed by atoms with van der Waals surface area (Å²) in [5.41, 5.74) is 0. The van der Waals surface area contributed by atoms with E-state index in [1.165, 1.54) is 12.1 Å². The van der Waals surface area contributed by atoms with Crippen molar-refractivity contribution < 1.29 is 18.5 Å². The molecule has 1 atom stereocenters. The largest absolute Gasteiger partial charge is 0.440 e. The summed E-state index contributed by atoms with van der Waals surface area (Å²) in [5, 5.41) is 6.87. The van der Waals surface area contributed by atoms with Crippen molar-refractivity contribution in [2.24, 2.45) is 5.92 Å². The van der Waals surface area contributed by atoms with E-state index in [4.69, 9.17) is 25.3 Å². The number of carbonyl (C=O) groups excluding carboxylic acids is 1. The molecule has 0 bridgehead atoms. The number of aryl methyl sites for hydroxylation is 1. The van der Waals surface area contributed by atoms with Gasteiger partial charge in [-0.25, -0.2) is 0 Å². The molecule has 7 nitrogen and oxygen atoms in total. The third-order valence-electron chi connectivity index (χ3n) is 3.63. The minimum atomic E-state index is -0.374. The number of hydrogen-bond donors (Lipinski definition) is 1. The Kier molecular flexibility index (Phi) is 4.44. The van der Waals surface area contributed by atoms with Crippen molar-refractivity contribution >= 4 is 17.5 Å². The smallest absolute Gasteiger partial charge is 0.287 e. The molecule has 1 amide bonds. The molecule has 2 aromatic rings. The van der Waals surface area contributed by atoms with Gasteiger partial charge in [0.1, 0.15) is 6.04 Å². The Morgan fingerprint density at radius 2 is 2.18 bits per heavy atom. The molecule has 118 valence electrons. The third kappa shape index (κ3) is 3.31.